The molecule has 0 aliphatic carbocycles. The van der Waals surface area contributed by atoms with Crippen molar-refractivity contribution in [3.63, 3.8) is 0 Å². The van der Waals surface area contributed by atoms with Gasteiger partial charge < -0.3 is 9.64 Å². The number of likely N-dealkylation sites (N-methyl/N-ethyl adjacent to an activating group) is 1. The molecule has 1 aromatic heterocycles. The van der Waals surface area contributed by atoms with Crippen molar-refractivity contribution in [2.24, 2.45) is 0 Å². The lowest BCUT2D eigenvalue weighted by molar-refractivity contribution is -0.0158. The van der Waals surface area contributed by atoms with Crippen molar-refractivity contribution in [2.45, 2.75) is 44.4 Å². The first-order valence-corrected chi connectivity index (χ1v) is 9.70. The number of anilines is 1. The predicted molar refractivity (Wildman–Crippen MR) is 105 cm³/mol. The SMILES string of the molecule is Cc1cccc(N2CCC3(CC2)C[C@H](N(C)Cc2ccccc2)CO3)n1. The molecule has 4 nitrogen and oxygen atoms in total. The fourth-order valence-electron chi connectivity index (χ4n) is 4.30. The van der Waals surface area contributed by atoms with Gasteiger partial charge in [0.25, 0.3) is 0 Å². The van der Waals surface area contributed by atoms with Gasteiger partial charge in [-0.25, -0.2) is 4.98 Å². The van der Waals surface area contributed by atoms with Crippen LogP contribution in [0.2, 0.25) is 0 Å². The molecule has 0 bridgehead atoms. The van der Waals surface area contributed by atoms with E-state index in [2.05, 4.69) is 77.3 Å². The van der Waals surface area contributed by atoms with Crippen molar-refractivity contribution in [2.75, 3.05) is 31.6 Å². The van der Waals surface area contributed by atoms with Crippen molar-refractivity contribution in [1.29, 1.82) is 0 Å². The molecule has 2 fully saturated rings. The van der Waals surface area contributed by atoms with Crippen molar-refractivity contribution < 1.29 is 4.74 Å². The second kappa shape index (κ2) is 7.37. The quantitative estimate of drug-likeness (QED) is 0.841. The number of ether oxygens (including phenoxy) is 1. The van der Waals surface area contributed by atoms with Crippen LogP contribution < -0.4 is 4.90 Å². The Labute approximate surface area is 156 Å². The molecule has 4 rings (SSSR count). The summed E-state index contributed by atoms with van der Waals surface area (Å²) >= 11 is 0. The lowest BCUT2D eigenvalue weighted by Crippen LogP contribution is -2.45. The Balaban J connectivity index is 1.34. The van der Waals surface area contributed by atoms with Gasteiger partial charge in [-0.2, -0.15) is 0 Å². The van der Waals surface area contributed by atoms with E-state index in [-0.39, 0.29) is 5.60 Å². The number of rotatable bonds is 4. The molecular weight excluding hydrogens is 322 g/mol. The average molecular weight is 351 g/mol. The summed E-state index contributed by atoms with van der Waals surface area (Å²) in [6.07, 6.45) is 3.34. The Bertz CT molecular complexity index is 725. The first kappa shape index (κ1) is 17.5. The van der Waals surface area contributed by atoms with Crippen LogP contribution in [0.15, 0.2) is 48.5 Å². The summed E-state index contributed by atoms with van der Waals surface area (Å²) in [6.45, 7) is 5.97. The monoisotopic (exact) mass is 351 g/mol. The smallest absolute Gasteiger partial charge is 0.128 e. The van der Waals surface area contributed by atoms with Gasteiger partial charge in [0.2, 0.25) is 0 Å². The van der Waals surface area contributed by atoms with Gasteiger partial charge in [0, 0.05) is 31.4 Å². The Morgan fingerprint density at radius 1 is 1.12 bits per heavy atom. The standard InChI is InChI=1S/C22H29N3O/c1-18-7-6-10-21(23-18)25-13-11-22(12-14-25)15-20(17-26-22)24(2)16-19-8-4-3-5-9-19/h3-10,20H,11-17H2,1-2H3/t20-/m0/s1. The normalized spacial score (nSPS) is 22.3. The number of hydrogen-bond donors (Lipinski definition) is 0. The van der Waals surface area contributed by atoms with E-state index in [9.17, 15) is 0 Å². The van der Waals surface area contributed by atoms with Crippen LogP contribution in [0, 0.1) is 6.92 Å². The molecule has 0 N–H and O–H groups in total. The molecule has 0 amide bonds. The molecular formula is C22H29N3O. The van der Waals surface area contributed by atoms with E-state index in [0.29, 0.717) is 6.04 Å². The molecule has 1 aromatic carbocycles. The van der Waals surface area contributed by atoms with E-state index in [1.165, 1.54) is 5.56 Å². The molecule has 1 atom stereocenters. The summed E-state index contributed by atoms with van der Waals surface area (Å²) in [5.41, 5.74) is 2.52. The largest absolute Gasteiger partial charge is 0.373 e. The molecule has 0 saturated carbocycles. The van der Waals surface area contributed by atoms with Crippen LogP contribution >= 0.6 is 0 Å². The third-order valence-electron chi connectivity index (χ3n) is 5.96. The van der Waals surface area contributed by atoms with Gasteiger partial charge in [-0.15, -0.1) is 0 Å². The highest BCUT2D eigenvalue weighted by molar-refractivity contribution is 5.40. The number of aromatic nitrogens is 1. The van der Waals surface area contributed by atoms with Gasteiger partial charge in [-0.3, -0.25) is 4.90 Å². The Hall–Kier alpha value is -1.91. The molecule has 2 aromatic rings. The third-order valence-corrected chi connectivity index (χ3v) is 5.96. The van der Waals surface area contributed by atoms with Crippen LogP contribution in [-0.4, -0.2) is 48.3 Å². The molecule has 2 saturated heterocycles. The topological polar surface area (TPSA) is 28.6 Å². The van der Waals surface area contributed by atoms with E-state index < -0.39 is 0 Å². The van der Waals surface area contributed by atoms with Gasteiger partial charge in [0.1, 0.15) is 5.82 Å². The van der Waals surface area contributed by atoms with E-state index >= 15 is 0 Å². The first-order chi connectivity index (χ1) is 12.6. The highest BCUT2D eigenvalue weighted by atomic mass is 16.5. The fraction of sp³-hybridized carbons (Fsp3) is 0.500. The summed E-state index contributed by atoms with van der Waals surface area (Å²) in [5.74, 6) is 1.11. The summed E-state index contributed by atoms with van der Waals surface area (Å²) in [6, 6.07) is 17.5. The molecule has 3 heterocycles. The van der Waals surface area contributed by atoms with Crippen LogP contribution in [-0.2, 0) is 11.3 Å². The van der Waals surface area contributed by atoms with E-state index in [0.717, 1.165) is 57.0 Å². The van der Waals surface area contributed by atoms with Crippen LogP contribution in [0.3, 0.4) is 0 Å². The molecule has 2 aliphatic heterocycles. The van der Waals surface area contributed by atoms with Crippen molar-refractivity contribution >= 4 is 5.82 Å². The lowest BCUT2D eigenvalue weighted by Gasteiger charge is -2.39. The van der Waals surface area contributed by atoms with Crippen LogP contribution in [0.1, 0.15) is 30.5 Å². The number of pyridine rings is 1. The van der Waals surface area contributed by atoms with Crippen LogP contribution in [0.25, 0.3) is 0 Å². The molecule has 2 aliphatic rings. The number of benzene rings is 1. The number of hydrogen-bond acceptors (Lipinski definition) is 4. The van der Waals surface area contributed by atoms with E-state index in [1.807, 2.05) is 0 Å². The zero-order valence-electron chi connectivity index (χ0n) is 15.9. The lowest BCUT2D eigenvalue weighted by atomic mass is 9.87. The van der Waals surface area contributed by atoms with Gasteiger partial charge in [0.05, 0.1) is 12.2 Å². The van der Waals surface area contributed by atoms with Crippen LogP contribution in [0.4, 0.5) is 5.82 Å². The van der Waals surface area contributed by atoms with Crippen LogP contribution in [0.5, 0.6) is 0 Å². The molecule has 0 radical (unpaired) electrons. The second-order valence-corrected chi connectivity index (χ2v) is 7.88. The second-order valence-electron chi connectivity index (χ2n) is 7.88. The van der Waals surface area contributed by atoms with E-state index in [1.54, 1.807) is 0 Å². The molecule has 1 spiro atoms. The van der Waals surface area contributed by atoms with Gasteiger partial charge >= 0.3 is 0 Å². The highest BCUT2D eigenvalue weighted by Gasteiger charge is 2.43. The number of piperidine rings is 1. The predicted octanol–water partition coefficient (Wildman–Crippen LogP) is 3.65. The van der Waals surface area contributed by atoms with Gasteiger partial charge in [-0.05, 0) is 50.9 Å². The minimum absolute atomic E-state index is 0.0654. The minimum Gasteiger partial charge on any atom is -0.373 e. The summed E-state index contributed by atoms with van der Waals surface area (Å²) in [7, 11) is 2.23. The molecule has 26 heavy (non-hydrogen) atoms. The maximum Gasteiger partial charge on any atom is 0.128 e. The third kappa shape index (κ3) is 3.76. The zero-order valence-corrected chi connectivity index (χ0v) is 15.9. The summed E-state index contributed by atoms with van der Waals surface area (Å²) in [5, 5.41) is 0. The Morgan fingerprint density at radius 3 is 2.62 bits per heavy atom. The maximum atomic E-state index is 6.37. The van der Waals surface area contributed by atoms with Crippen molar-refractivity contribution in [3.8, 4) is 0 Å². The summed E-state index contributed by atoms with van der Waals surface area (Å²) in [4.78, 5) is 9.54. The molecule has 4 heteroatoms. The maximum absolute atomic E-state index is 6.37. The average Bonchev–Trinajstić information content (AvgIpc) is 3.07. The highest BCUT2D eigenvalue weighted by Crippen LogP contribution is 2.38. The molecule has 138 valence electrons. The van der Waals surface area contributed by atoms with Gasteiger partial charge in [0.15, 0.2) is 0 Å². The Morgan fingerprint density at radius 2 is 1.88 bits per heavy atom. The number of nitrogens with zero attached hydrogens (tertiary/aromatic N) is 3. The number of aryl methyl sites for hydroxylation is 1. The first-order valence-electron chi connectivity index (χ1n) is 9.70. The minimum atomic E-state index is 0.0654. The molecule has 0 unspecified atom stereocenters. The Kier molecular flexibility index (Phi) is 4.96. The van der Waals surface area contributed by atoms with Crippen molar-refractivity contribution in [1.82, 2.24) is 9.88 Å². The zero-order chi connectivity index (χ0) is 18.0. The summed E-state index contributed by atoms with van der Waals surface area (Å²) < 4.78 is 6.37. The van der Waals surface area contributed by atoms with Crippen molar-refractivity contribution in [3.05, 3.63) is 59.8 Å². The van der Waals surface area contributed by atoms with E-state index in [4.69, 9.17) is 4.74 Å². The fourth-order valence-corrected chi connectivity index (χ4v) is 4.30. The van der Waals surface area contributed by atoms with Gasteiger partial charge in [-0.1, -0.05) is 36.4 Å².